The quantitative estimate of drug-likeness (QED) is 0.571. The van der Waals surface area contributed by atoms with E-state index >= 15 is 0 Å². The van der Waals surface area contributed by atoms with Gasteiger partial charge in [-0.2, -0.15) is 0 Å². The minimum Gasteiger partial charge on any atom is -0.302 e. The maximum Gasteiger partial charge on any atom is 0.232 e. The van der Waals surface area contributed by atoms with Gasteiger partial charge in [-0.1, -0.05) is 37.6 Å². The van der Waals surface area contributed by atoms with Crippen LogP contribution in [0.15, 0.2) is 29.6 Å². The van der Waals surface area contributed by atoms with Crippen LogP contribution in [0.25, 0.3) is 11.3 Å². The first-order valence-electron chi connectivity index (χ1n) is 10.1. The van der Waals surface area contributed by atoms with Gasteiger partial charge in [0.05, 0.1) is 17.8 Å². The van der Waals surface area contributed by atoms with Crippen molar-refractivity contribution in [2.45, 2.75) is 46.0 Å². The van der Waals surface area contributed by atoms with Gasteiger partial charge in [0, 0.05) is 28.8 Å². The van der Waals surface area contributed by atoms with Crippen LogP contribution in [0.2, 0.25) is 0 Å². The highest BCUT2D eigenvalue weighted by Gasteiger charge is 2.24. The average molecular weight is 441 g/mol. The van der Waals surface area contributed by atoms with E-state index in [1.807, 2.05) is 12.3 Å². The zero-order valence-corrected chi connectivity index (χ0v) is 18.7. The van der Waals surface area contributed by atoms with Gasteiger partial charge >= 0.3 is 0 Å². The Morgan fingerprint density at radius 2 is 2.03 bits per heavy atom. The third kappa shape index (κ3) is 4.60. The van der Waals surface area contributed by atoms with Crippen LogP contribution in [0, 0.1) is 6.92 Å². The average Bonchev–Trinajstić information content (AvgIpc) is 3.43. The van der Waals surface area contributed by atoms with E-state index in [1.165, 1.54) is 28.2 Å². The number of carbonyl (C=O) groups excluding carboxylic acids is 2. The molecule has 0 atom stereocenters. The normalized spacial score (nSPS) is 13.8. The van der Waals surface area contributed by atoms with E-state index in [9.17, 15) is 9.59 Å². The molecule has 0 aliphatic carbocycles. The van der Waals surface area contributed by atoms with Crippen LogP contribution in [0.5, 0.6) is 0 Å². The Kier molecular flexibility index (Phi) is 6.24. The summed E-state index contributed by atoms with van der Waals surface area (Å²) in [4.78, 5) is 36.2. The Hall–Kier alpha value is -2.58. The molecule has 0 unspecified atom stereocenters. The molecule has 8 heteroatoms. The molecular weight excluding hydrogens is 416 g/mol. The molecule has 1 aliphatic rings. The molecule has 1 aliphatic heterocycles. The fourth-order valence-corrected chi connectivity index (χ4v) is 5.24. The Bertz CT molecular complexity index is 1060. The summed E-state index contributed by atoms with van der Waals surface area (Å²) in [6, 6.07) is 8.46. The second kappa shape index (κ2) is 9.06. The molecule has 0 radical (unpaired) electrons. The fourth-order valence-electron chi connectivity index (χ4n) is 3.52. The number of rotatable bonds is 7. The Labute approximate surface area is 184 Å². The number of aryl methyl sites for hydroxylation is 2. The second-order valence-corrected chi connectivity index (χ2v) is 9.41. The SMILES string of the molecule is CCCc1ccc(-c2nc(NC(=O)Cc3csc(N4CCCC4=O)n3)sc2C)cc1. The van der Waals surface area contributed by atoms with Crippen molar-refractivity contribution in [3.8, 4) is 11.3 Å². The molecule has 0 spiro atoms. The molecular formula is C22H24N4O2S2. The van der Waals surface area contributed by atoms with E-state index in [0.717, 1.165) is 35.4 Å². The van der Waals surface area contributed by atoms with Crippen molar-refractivity contribution in [1.82, 2.24) is 9.97 Å². The van der Waals surface area contributed by atoms with E-state index in [1.54, 1.807) is 4.90 Å². The van der Waals surface area contributed by atoms with Crippen molar-refractivity contribution in [3.63, 3.8) is 0 Å². The molecule has 3 aromatic rings. The van der Waals surface area contributed by atoms with E-state index in [0.29, 0.717) is 28.9 Å². The minimum atomic E-state index is -0.154. The third-order valence-corrected chi connectivity index (χ3v) is 6.79. The molecule has 1 saturated heterocycles. The van der Waals surface area contributed by atoms with Crippen LogP contribution in [0.4, 0.5) is 10.3 Å². The summed E-state index contributed by atoms with van der Waals surface area (Å²) in [5.74, 6) is -0.0490. The number of thiazole rings is 2. The van der Waals surface area contributed by atoms with Crippen molar-refractivity contribution in [3.05, 3.63) is 45.8 Å². The van der Waals surface area contributed by atoms with Gasteiger partial charge in [-0.15, -0.1) is 22.7 Å². The molecule has 2 aromatic heterocycles. The summed E-state index contributed by atoms with van der Waals surface area (Å²) < 4.78 is 0. The summed E-state index contributed by atoms with van der Waals surface area (Å²) >= 11 is 2.88. The fraction of sp³-hybridized carbons (Fsp3) is 0.364. The first kappa shape index (κ1) is 20.7. The predicted octanol–water partition coefficient (Wildman–Crippen LogP) is 4.84. The Morgan fingerprint density at radius 3 is 2.73 bits per heavy atom. The van der Waals surface area contributed by atoms with Crippen molar-refractivity contribution < 1.29 is 9.59 Å². The number of nitrogens with one attached hydrogen (secondary N) is 1. The topological polar surface area (TPSA) is 75.2 Å². The Balaban J connectivity index is 1.40. The van der Waals surface area contributed by atoms with Crippen molar-refractivity contribution in [1.29, 1.82) is 0 Å². The van der Waals surface area contributed by atoms with Crippen LogP contribution < -0.4 is 10.2 Å². The molecule has 0 bridgehead atoms. The summed E-state index contributed by atoms with van der Waals surface area (Å²) in [5, 5.41) is 6.01. The lowest BCUT2D eigenvalue weighted by molar-refractivity contribution is -0.117. The van der Waals surface area contributed by atoms with Gasteiger partial charge in [0.15, 0.2) is 10.3 Å². The van der Waals surface area contributed by atoms with Crippen LogP contribution in [-0.2, 0) is 22.4 Å². The van der Waals surface area contributed by atoms with Gasteiger partial charge in [0.1, 0.15) is 0 Å². The monoisotopic (exact) mass is 440 g/mol. The molecule has 2 amide bonds. The van der Waals surface area contributed by atoms with Gasteiger partial charge in [0.25, 0.3) is 0 Å². The van der Waals surface area contributed by atoms with Gasteiger partial charge in [-0.25, -0.2) is 9.97 Å². The largest absolute Gasteiger partial charge is 0.302 e. The first-order valence-corrected chi connectivity index (χ1v) is 11.8. The van der Waals surface area contributed by atoms with Gasteiger partial charge in [0.2, 0.25) is 11.8 Å². The van der Waals surface area contributed by atoms with E-state index in [2.05, 4.69) is 46.5 Å². The molecule has 3 heterocycles. The maximum atomic E-state index is 12.5. The number of amides is 2. The van der Waals surface area contributed by atoms with Crippen LogP contribution in [0.1, 0.15) is 42.3 Å². The lowest BCUT2D eigenvalue weighted by Gasteiger charge is -2.10. The number of aromatic nitrogens is 2. The third-order valence-electron chi connectivity index (χ3n) is 4.99. The van der Waals surface area contributed by atoms with Crippen LogP contribution in [0.3, 0.4) is 0 Å². The lowest BCUT2D eigenvalue weighted by atomic mass is 10.1. The lowest BCUT2D eigenvalue weighted by Crippen LogP contribution is -2.23. The minimum absolute atomic E-state index is 0.105. The maximum absolute atomic E-state index is 12.5. The number of hydrogen-bond donors (Lipinski definition) is 1. The summed E-state index contributed by atoms with van der Waals surface area (Å²) in [6.45, 7) is 4.90. The highest BCUT2D eigenvalue weighted by atomic mass is 32.1. The van der Waals surface area contributed by atoms with E-state index in [4.69, 9.17) is 0 Å². The zero-order valence-electron chi connectivity index (χ0n) is 17.1. The van der Waals surface area contributed by atoms with E-state index < -0.39 is 0 Å². The predicted molar refractivity (Wildman–Crippen MR) is 122 cm³/mol. The smallest absolute Gasteiger partial charge is 0.232 e. The van der Waals surface area contributed by atoms with E-state index in [-0.39, 0.29) is 18.2 Å². The zero-order chi connectivity index (χ0) is 21.1. The molecule has 30 heavy (non-hydrogen) atoms. The molecule has 1 aromatic carbocycles. The van der Waals surface area contributed by atoms with Crippen molar-refractivity contribution in [2.75, 3.05) is 16.8 Å². The van der Waals surface area contributed by atoms with Crippen molar-refractivity contribution in [2.24, 2.45) is 0 Å². The second-order valence-electron chi connectivity index (χ2n) is 7.37. The summed E-state index contributed by atoms with van der Waals surface area (Å²) in [5.41, 5.74) is 3.96. The molecule has 4 rings (SSSR count). The van der Waals surface area contributed by atoms with Gasteiger partial charge in [-0.3, -0.25) is 14.5 Å². The standard InChI is InChI=1S/C22H24N4O2S2/c1-3-5-15-7-9-16(10-8-15)20-14(2)30-21(25-20)24-18(27)12-17-13-29-22(23-17)26-11-4-6-19(26)28/h7-10,13H,3-6,11-12H2,1-2H3,(H,24,25,27). The molecule has 0 saturated carbocycles. The van der Waals surface area contributed by atoms with Crippen LogP contribution >= 0.6 is 22.7 Å². The number of nitrogens with zero attached hydrogens (tertiary/aromatic N) is 3. The number of carbonyl (C=O) groups is 2. The highest BCUT2D eigenvalue weighted by Crippen LogP contribution is 2.31. The van der Waals surface area contributed by atoms with Gasteiger partial charge in [-0.05, 0) is 25.3 Å². The molecule has 6 nitrogen and oxygen atoms in total. The Morgan fingerprint density at radius 1 is 1.23 bits per heavy atom. The first-order chi connectivity index (χ1) is 14.5. The molecule has 1 fully saturated rings. The summed E-state index contributed by atoms with van der Waals surface area (Å²) in [7, 11) is 0. The number of hydrogen-bond acceptors (Lipinski definition) is 6. The van der Waals surface area contributed by atoms with Crippen LogP contribution in [-0.4, -0.2) is 28.3 Å². The molecule has 1 N–H and O–H groups in total. The highest BCUT2D eigenvalue weighted by molar-refractivity contribution is 7.16. The number of anilines is 2. The van der Waals surface area contributed by atoms with Gasteiger partial charge < -0.3 is 5.32 Å². The van der Waals surface area contributed by atoms with Crippen molar-refractivity contribution >= 4 is 44.8 Å². The summed E-state index contributed by atoms with van der Waals surface area (Å²) in [6.07, 6.45) is 3.80. The number of benzene rings is 1. The molecule has 156 valence electrons.